The zero-order valence-corrected chi connectivity index (χ0v) is 12.5. The highest BCUT2D eigenvalue weighted by Crippen LogP contribution is 2.27. The topological polar surface area (TPSA) is 35.5 Å². The Balaban J connectivity index is 2.65. The molecular weight excluding hydrogens is 319 g/mol. The summed E-state index contributed by atoms with van der Waals surface area (Å²) in [6.07, 6.45) is 2.30. The second-order valence-electron chi connectivity index (χ2n) is 3.46. The number of halogens is 2. The Labute approximate surface area is 120 Å². The molecule has 1 aromatic rings. The Hall–Kier alpha value is -1.00. The monoisotopic (exact) mass is 332 g/mol. The van der Waals surface area contributed by atoms with Crippen molar-refractivity contribution in [1.29, 1.82) is 0 Å². The number of hydrogen-bond acceptors (Lipinski definition) is 3. The van der Waals surface area contributed by atoms with Crippen LogP contribution in [-0.4, -0.2) is 19.7 Å². The maximum atomic E-state index is 11.3. The van der Waals surface area contributed by atoms with Crippen LogP contribution in [0.4, 0.5) is 0 Å². The highest BCUT2D eigenvalue weighted by Gasteiger charge is 2.07. The highest BCUT2D eigenvalue weighted by atomic mass is 79.9. The second kappa shape index (κ2) is 7.44. The Morgan fingerprint density at radius 3 is 2.78 bits per heavy atom. The first-order valence-electron chi connectivity index (χ1n) is 5.43. The van der Waals surface area contributed by atoms with Gasteiger partial charge in [0, 0.05) is 10.0 Å². The summed E-state index contributed by atoms with van der Waals surface area (Å²) in [6, 6.07) is 5.36. The summed E-state index contributed by atoms with van der Waals surface area (Å²) in [7, 11) is 1.36. The quantitative estimate of drug-likeness (QED) is 0.604. The number of carbonyl (C=O) groups is 1. The summed E-state index contributed by atoms with van der Waals surface area (Å²) in [6.45, 7) is 2.16. The van der Waals surface area contributed by atoms with Crippen molar-refractivity contribution in [2.24, 2.45) is 0 Å². The van der Waals surface area contributed by atoms with Gasteiger partial charge in [-0.05, 0) is 30.7 Å². The van der Waals surface area contributed by atoms with Crippen molar-refractivity contribution in [3.8, 4) is 5.75 Å². The van der Waals surface area contributed by atoms with Gasteiger partial charge in [-0.1, -0.05) is 34.5 Å². The summed E-state index contributed by atoms with van der Waals surface area (Å²) in [5.41, 5.74) is 0.589. The van der Waals surface area contributed by atoms with Gasteiger partial charge in [0.1, 0.15) is 12.4 Å². The van der Waals surface area contributed by atoms with Crippen LogP contribution in [0.5, 0.6) is 5.75 Å². The molecule has 0 spiro atoms. The van der Waals surface area contributed by atoms with Gasteiger partial charge in [-0.3, -0.25) is 0 Å². The van der Waals surface area contributed by atoms with E-state index in [2.05, 4.69) is 20.7 Å². The average molecular weight is 334 g/mol. The van der Waals surface area contributed by atoms with Crippen LogP contribution in [0.15, 0.2) is 34.3 Å². The molecule has 0 bridgehead atoms. The third-order valence-corrected chi connectivity index (χ3v) is 3.08. The lowest BCUT2D eigenvalue weighted by Crippen LogP contribution is -2.06. The summed E-state index contributed by atoms with van der Waals surface area (Å²) in [4.78, 5) is 11.3. The molecule has 0 aliphatic heterocycles. The molecule has 0 radical (unpaired) electrons. The van der Waals surface area contributed by atoms with E-state index in [1.807, 2.05) is 13.0 Å². The van der Waals surface area contributed by atoms with Crippen LogP contribution < -0.4 is 4.74 Å². The number of rotatable bonds is 5. The van der Waals surface area contributed by atoms with Crippen LogP contribution in [0.1, 0.15) is 13.3 Å². The molecule has 0 fully saturated rings. The van der Waals surface area contributed by atoms with E-state index in [0.717, 1.165) is 4.47 Å². The van der Waals surface area contributed by atoms with E-state index in [0.29, 0.717) is 22.8 Å². The molecular formula is C13H14BrClO3. The predicted octanol–water partition coefficient (Wildman–Crippen LogP) is 3.99. The summed E-state index contributed by atoms with van der Waals surface area (Å²) in [5.74, 6) is 0.249. The lowest BCUT2D eigenvalue weighted by Gasteiger charge is -2.07. The molecule has 0 saturated carbocycles. The third-order valence-electron chi connectivity index (χ3n) is 2.29. The molecule has 98 valence electrons. The normalized spacial score (nSPS) is 11.2. The van der Waals surface area contributed by atoms with Crippen molar-refractivity contribution in [2.75, 3.05) is 13.7 Å². The van der Waals surface area contributed by atoms with Crippen LogP contribution in [-0.2, 0) is 9.53 Å². The fourth-order valence-electron chi connectivity index (χ4n) is 1.33. The van der Waals surface area contributed by atoms with Crippen LogP contribution in [0.3, 0.4) is 0 Å². The first kappa shape index (κ1) is 15.1. The molecule has 0 atom stereocenters. The number of hydrogen-bond donors (Lipinski definition) is 0. The standard InChI is InChI=1S/C13H14BrClO3/c1-3-9(13(16)17-2)6-7-18-12-5-4-10(14)8-11(12)15/h4-6,8H,3,7H2,1-2H3. The molecule has 3 nitrogen and oxygen atoms in total. The van der Waals surface area contributed by atoms with E-state index >= 15 is 0 Å². The van der Waals surface area contributed by atoms with Gasteiger partial charge in [0.2, 0.25) is 0 Å². The molecule has 1 aromatic carbocycles. The first-order chi connectivity index (χ1) is 8.58. The Morgan fingerprint density at radius 1 is 1.50 bits per heavy atom. The lowest BCUT2D eigenvalue weighted by atomic mass is 10.2. The van der Waals surface area contributed by atoms with Crippen molar-refractivity contribution in [3.63, 3.8) is 0 Å². The largest absolute Gasteiger partial charge is 0.488 e. The minimum absolute atomic E-state index is 0.277. The Morgan fingerprint density at radius 2 is 2.22 bits per heavy atom. The summed E-state index contributed by atoms with van der Waals surface area (Å²) in [5, 5.41) is 0.522. The van der Waals surface area contributed by atoms with E-state index in [1.165, 1.54) is 7.11 Å². The van der Waals surface area contributed by atoms with Crippen molar-refractivity contribution < 1.29 is 14.3 Å². The number of benzene rings is 1. The van der Waals surface area contributed by atoms with Crippen LogP contribution in [0, 0.1) is 0 Å². The maximum Gasteiger partial charge on any atom is 0.333 e. The van der Waals surface area contributed by atoms with E-state index in [1.54, 1.807) is 18.2 Å². The molecule has 0 aromatic heterocycles. The van der Waals surface area contributed by atoms with Crippen molar-refractivity contribution in [1.82, 2.24) is 0 Å². The number of carbonyl (C=O) groups excluding carboxylic acids is 1. The zero-order chi connectivity index (χ0) is 13.5. The van der Waals surface area contributed by atoms with Crippen molar-refractivity contribution >= 4 is 33.5 Å². The minimum atomic E-state index is -0.331. The lowest BCUT2D eigenvalue weighted by molar-refractivity contribution is -0.136. The molecule has 5 heteroatoms. The van der Waals surface area contributed by atoms with E-state index in [-0.39, 0.29) is 12.6 Å². The molecule has 0 N–H and O–H groups in total. The van der Waals surface area contributed by atoms with Gasteiger partial charge in [-0.25, -0.2) is 4.79 Å². The van der Waals surface area contributed by atoms with E-state index in [4.69, 9.17) is 16.3 Å². The summed E-state index contributed by atoms with van der Waals surface area (Å²) < 4.78 is 11.0. The predicted molar refractivity (Wildman–Crippen MR) is 75.0 cm³/mol. The first-order valence-corrected chi connectivity index (χ1v) is 6.60. The highest BCUT2D eigenvalue weighted by molar-refractivity contribution is 9.10. The SMILES string of the molecule is CCC(=CCOc1ccc(Br)cc1Cl)C(=O)OC. The van der Waals surface area contributed by atoms with Crippen LogP contribution >= 0.6 is 27.5 Å². The molecule has 1 rings (SSSR count). The fraction of sp³-hybridized carbons (Fsp3) is 0.308. The average Bonchev–Trinajstić information content (AvgIpc) is 2.36. The molecule has 0 heterocycles. The number of methoxy groups -OCH3 is 1. The number of esters is 1. The van der Waals surface area contributed by atoms with E-state index in [9.17, 15) is 4.79 Å². The minimum Gasteiger partial charge on any atom is -0.488 e. The van der Waals surface area contributed by atoms with Crippen molar-refractivity contribution in [3.05, 3.63) is 39.3 Å². The smallest absolute Gasteiger partial charge is 0.333 e. The fourth-order valence-corrected chi connectivity index (χ4v) is 2.06. The van der Waals surface area contributed by atoms with E-state index < -0.39 is 0 Å². The molecule has 0 aliphatic carbocycles. The van der Waals surface area contributed by atoms with Crippen molar-refractivity contribution in [2.45, 2.75) is 13.3 Å². The Bertz CT molecular complexity index is 458. The molecule has 0 aliphatic rings. The zero-order valence-electron chi connectivity index (χ0n) is 10.2. The van der Waals surface area contributed by atoms with Crippen LogP contribution in [0.2, 0.25) is 5.02 Å². The van der Waals surface area contributed by atoms with Gasteiger partial charge in [-0.2, -0.15) is 0 Å². The van der Waals surface area contributed by atoms with Gasteiger partial charge in [0.15, 0.2) is 0 Å². The molecule has 0 amide bonds. The summed E-state index contributed by atoms with van der Waals surface area (Å²) >= 11 is 9.32. The second-order valence-corrected chi connectivity index (χ2v) is 4.78. The maximum absolute atomic E-state index is 11.3. The molecule has 0 saturated heterocycles. The van der Waals surface area contributed by atoms with Gasteiger partial charge >= 0.3 is 5.97 Å². The van der Waals surface area contributed by atoms with Gasteiger partial charge in [-0.15, -0.1) is 0 Å². The van der Waals surface area contributed by atoms with Gasteiger partial charge in [0.25, 0.3) is 0 Å². The molecule has 18 heavy (non-hydrogen) atoms. The third kappa shape index (κ3) is 4.35. The molecule has 0 unspecified atom stereocenters. The van der Waals surface area contributed by atoms with Crippen LogP contribution in [0.25, 0.3) is 0 Å². The Kier molecular flexibility index (Phi) is 6.22. The van der Waals surface area contributed by atoms with Gasteiger partial charge in [0.05, 0.1) is 12.1 Å². The number of ether oxygens (including phenoxy) is 2. The van der Waals surface area contributed by atoms with Gasteiger partial charge < -0.3 is 9.47 Å².